The number of nitrogens with one attached hydrogen (secondary N) is 4. The zero-order valence-corrected chi connectivity index (χ0v) is 15.7. The van der Waals surface area contributed by atoms with Crippen molar-refractivity contribution < 1.29 is 9.59 Å². The van der Waals surface area contributed by atoms with Crippen LogP contribution in [0.5, 0.6) is 0 Å². The Morgan fingerprint density at radius 3 is 2.56 bits per heavy atom. The van der Waals surface area contributed by atoms with Crippen molar-refractivity contribution in [3.8, 4) is 0 Å². The second-order valence-corrected chi connectivity index (χ2v) is 6.59. The number of hydrogen-bond donors (Lipinski definition) is 4. The monoisotopic (exact) mass is 368 g/mol. The maximum absolute atomic E-state index is 12.5. The van der Waals surface area contributed by atoms with E-state index in [1.54, 1.807) is 0 Å². The number of hydrogen-bond acceptors (Lipinski definition) is 3. The molecule has 1 fully saturated rings. The molecular formula is C18H29ClN4O2. The van der Waals surface area contributed by atoms with Crippen LogP contribution in [0.3, 0.4) is 0 Å². The van der Waals surface area contributed by atoms with Crippen LogP contribution in [-0.4, -0.2) is 37.1 Å². The zero-order chi connectivity index (χ0) is 17.4. The average Bonchev–Trinajstić information content (AvgIpc) is 2.59. The zero-order valence-electron chi connectivity index (χ0n) is 14.9. The summed E-state index contributed by atoms with van der Waals surface area (Å²) in [6.07, 6.45) is 2.03. The van der Waals surface area contributed by atoms with Gasteiger partial charge in [-0.2, -0.15) is 0 Å². The van der Waals surface area contributed by atoms with E-state index in [0.717, 1.165) is 31.5 Å². The van der Waals surface area contributed by atoms with Gasteiger partial charge in [-0.3, -0.25) is 4.79 Å². The molecule has 4 N–H and O–H groups in total. The summed E-state index contributed by atoms with van der Waals surface area (Å²) in [5.74, 6) is -0.0995. The van der Waals surface area contributed by atoms with Crippen molar-refractivity contribution in [2.45, 2.75) is 45.3 Å². The summed E-state index contributed by atoms with van der Waals surface area (Å²) in [6, 6.07) is 8.96. The molecule has 0 aliphatic carbocycles. The average molecular weight is 369 g/mol. The Kier molecular flexibility index (Phi) is 9.31. The molecule has 0 aromatic heterocycles. The minimum absolute atomic E-state index is 0. The van der Waals surface area contributed by atoms with E-state index in [9.17, 15) is 9.59 Å². The van der Waals surface area contributed by atoms with Crippen molar-refractivity contribution in [2.75, 3.05) is 13.1 Å². The van der Waals surface area contributed by atoms with Gasteiger partial charge in [0.15, 0.2) is 0 Å². The first-order chi connectivity index (χ1) is 11.6. The van der Waals surface area contributed by atoms with Gasteiger partial charge in [0, 0.05) is 19.1 Å². The predicted molar refractivity (Wildman–Crippen MR) is 102 cm³/mol. The molecule has 2 rings (SSSR count). The van der Waals surface area contributed by atoms with Gasteiger partial charge in [0.1, 0.15) is 6.04 Å². The highest BCUT2D eigenvalue weighted by Gasteiger charge is 2.26. The molecular weight excluding hydrogens is 340 g/mol. The van der Waals surface area contributed by atoms with Crippen LogP contribution in [0.4, 0.5) is 4.79 Å². The van der Waals surface area contributed by atoms with E-state index in [0.29, 0.717) is 6.54 Å². The molecule has 1 heterocycles. The Morgan fingerprint density at radius 1 is 1.24 bits per heavy atom. The van der Waals surface area contributed by atoms with E-state index in [1.807, 2.05) is 44.2 Å². The van der Waals surface area contributed by atoms with E-state index in [1.165, 1.54) is 0 Å². The Balaban J connectivity index is 0.00000312. The largest absolute Gasteiger partial charge is 0.350 e. The summed E-state index contributed by atoms with van der Waals surface area (Å²) >= 11 is 0. The van der Waals surface area contributed by atoms with Crippen LogP contribution < -0.4 is 21.3 Å². The fourth-order valence-corrected chi connectivity index (χ4v) is 2.77. The molecule has 25 heavy (non-hydrogen) atoms. The van der Waals surface area contributed by atoms with Crippen LogP contribution in [0, 0.1) is 5.92 Å². The van der Waals surface area contributed by atoms with Gasteiger partial charge in [-0.25, -0.2) is 4.79 Å². The van der Waals surface area contributed by atoms with Gasteiger partial charge in [-0.15, -0.1) is 12.4 Å². The second kappa shape index (κ2) is 10.9. The molecule has 2 atom stereocenters. The lowest BCUT2D eigenvalue weighted by Gasteiger charge is -2.28. The number of halogens is 1. The third kappa shape index (κ3) is 7.32. The number of carbonyl (C=O) groups excluding carboxylic acids is 2. The lowest BCUT2D eigenvalue weighted by Crippen LogP contribution is -2.56. The number of carbonyl (C=O) groups is 2. The fourth-order valence-electron chi connectivity index (χ4n) is 2.77. The van der Waals surface area contributed by atoms with Gasteiger partial charge in [0.05, 0.1) is 0 Å². The highest BCUT2D eigenvalue weighted by molar-refractivity contribution is 5.87. The highest BCUT2D eigenvalue weighted by Crippen LogP contribution is 2.06. The van der Waals surface area contributed by atoms with Gasteiger partial charge >= 0.3 is 6.03 Å². The Morgan fingerprint density at radius 2 is 1.96 bits per heavy atom. The van der Waals surface area contributed by atoms with E-state index in [-0.39, 0.29) is 36.3 Å². The normalized spacial score (nSPS) is 18.0. The summed E-state index contributed by atoms with van der Waals surface area (Å²) < 4.78 is 0. The smallest absolute Gasteiger partial charge is 0.315 e. The van der Waals surface area contributed by atoms with E-state index >= 15 is 0 Å². The maximum atomic E-state index is 12.5. The van der Waals surface area contributed by atoms with E-state index in [2.05, 4.69) is 21.3 Å². The summed E-state index contributed by atoms with van der Waals surface area (Å²) in [6.45, 7) is 6.09. The topological polar surface area (TPSA) is 82.3 Å². The van der Waals surface area contributed by atoms with Crippen molar-refractivity contribution in [1.82, 2.24) is 21.3 Å². The molecule has 1 aliphatic rings. The molecule has 3 amide bonds. The Bertz CT molecular complexity index is 533. The van der Waals surface area contributed by atoms with Crippen LogP contribution in [0.2, 0.25) is 0 Å². The number of rotatable bonds is 6. The van der Waals surface area contributed by atoms with Crippen LogP contribution in [0.25, 0.3) is 0 Å². The molecule has 6 nitrogen and oxygen atoms in total. The first kappa shape index (κ1) is 21.3. The lowest BCUT2D eigenvalue weighted by atomic mass is 10.0. The van der Waals surface area contributed by atoms with E-state index < -0.39 is 6.04 Å². The number of urea groups is 1. The molecule has 1 aliphatic heterocycles. The van der Waals surface area contributed by atoms with Gasteiger partial charge in [0.25, 0.3) is 0 Å². The molecule has 1 aromatic carbocycles. The lowest BCUT2D eigenvalue weighted by molar-refractivity contribution is -0.124. The van der Waals surface area contributed by atoms with E-state index in [4.69, 9.17) is 0 Å². The van der Waals surface area contributed by atoms with Crippen molar-refractivity contribution >= 4 is 24.3 Å². The van der Waals surface area contributed by atoms with Crippen molar-refractivity contribution in [3.63, 3.8) is 0 Å². The third-order valence-corrected chi connectivity index (χ3v) is 4.17. The SMILES string of the molecule is CC(C)C(NC(=O)NCc1ccccc1)C(=O)N[C@H]1CCCNC1.Cl. The third-order valence-electron chi connectivity index (χ3n) is 4.17. The van der Waals surface area contributed by atoms with Crippen LogP contribution in [0.1, 0.15) is 32.3 Å². The summed E-state index contributed by atoms with van der Waals surface area (Å²) in [5, 5.41) is 11.9. The minimum atomic E-state index is -0.539. The molecule has 1 unspecified atom stereocenters. The van der Waals surface area contributed by atoms with Crippen molar-refractivity contribution in [3.05, 3.63) is 35.9 Å². The molecule has 1 aromatic rings. The highest BCUT2D eigenvalue weighted by atomic mass is 35.5. The summed E-state index contributed by atoms with van der Waals surface area (Å²) in [4.78, 5) is 24.6. The number of benzene rings is 1. The fraction of sp³-hybridized carbons (Fsp3) is 0.556. The van der Waals surface area contributed by atoms with Crippen molar-refractivity contribution in [2.24, 2.45) is 5.92 Å². The Labute approximate surface area is 155 Å². The number of amides is 3. The predicted octanol–water partition coefficient (Wildman–Crippen LogP) is 1.80. The Hall–Kier alpha value is -1.79. The first-order valence-electron chi connectivity index (χ1n) is 8.65. The van der Waals surface area contributed by atoms with Gasteiger partial charge in [-0.05, 0) is 30.9 Å². The molecule has 0 saturated carbocycles. The molecule has 0 radical (unpaired) electrons. The van der Waals surface area contributed by atoms with Crippen LogP contribution in [-0.2, 0) is 11.3 Å². The number of piperidine rings is 1. The van der Waals surface area contributed by atoms with Crippen LogP contribution in [0.15, 0.2) is 30.3 Å². The minimum Gasteiger partial charge on any atom is -0.350 e. The molecule has 0 bridgehead atoms. The maximum Gasteiger partial charge on any atom is 0.315 e. The van der Waals surface area contributed by atoms with Crippen LogP contribution >= 0.6 is 12.4 Å². The molecule has 1 saturated heterocycles. The molecule has 7 heteroatoms. The summed E-state index contributed by atoms with van der Waals surface area (Å²) in [7, 11) is 0. The van der Waals surface area contributed by atoms with Crippen molar-refractivity contribution in [1.29, 1.82) is 0 Å². The molecule has 140 valence electrons. The summed E-state index contributed by atoms with van der Waals surface area (Å²) in [5.41, 5.74) is 1.02. The quantitative estimate of drug-likeness (QED) is 0.618. The van der Waals surface area contributed by atoms with Gasteiger partial charge < -0.3 is 21.3 Å². The first-order valence-corrected chi connectivity index (χ1v) is 8.65. The second-order valence-electron chi connectivity index (χ2n) is 6.59. The molecule has 0 spiro atoms. The van der Waals surface area contributed by atoms with Gasteiger partial charge in [0.2, 0.25) is 5.91 Å². The van der Waals surface area contributed by atoms with Gasteiger partial charge in [-0.1, -0.05) is 44.2 Å². The standard InChI is InChI=1S/C18H28N4O2.ClH/c1-13(2)16(17(23)21-15-9-6-10-19-12-15)22-18(24)20-11-14-7-4-3-5-8-14;/h3-5,7-8,13,15-16,19H,6,9-12H2,1-2H3,(H,21,23)(H2,20,22,24);1H/t15-,16?;/m0./s1.